The van der Waals surface area contributed by atoms with Gasteiger partial charge in [-0.05, 0) is 103 Å². The zero-order valence-corrected chi connectivity index (χ0v) is 39.9. The van der Waals surface area contributed by atoms with Crippen molar-refractivity contribution in [1.29, 1.82) is 0 Å². The highest BCUT2D eigenvalue weighted by Gasteiger charge is 2.19. The topological polar surface area (TPSA) is 78.9 Å². The number of rotatable bonds is 45. The van der Waals surface area contributed by atoms with Crippen molar-refractivity contribution in [3.05, 3.63) is 72.9 Å². The van der Waals surface area contributed by atoms with E-state index in [0.717, 1.165) is 116 Å². The number of ether oxygens (including phenoxy) is 3. The smallest absolute Gasteiger partial charge is 0.306 e. The molecule has 0 spiro atoms. The van der Waals surface area contributed by atoms with Gasteiger partial charge >= 0.3 is 17.9 Å². The lowest BCUT2D eigenvalue weighted by Crippen LogP contribution is -2.30. The summed E-state index contributed by atoms with van der Waals surface area (Å²) in [6.07, 6.45) is 61.7. The quantitative estimate of drug-likeness (QED) is 0.0263. The normalized spacial score (nSPS) is 12.6. The Kier molecular flexibility index (Phi) is 46.9. The molecule has 0 radical (unpaired) electrons. The molecular weight excluding hydrogens is 757 g/mol. The average molecular weight is 851 g/mol. The van der Waals surface area contributed by atoms with Crippen LogP contribution < -0.4 is 0 Å². The van der Waals surface area contributed by atoms with E-state index in [2.05, 4.69) is 93.7 Å². The monoisotopic (exact) mass is 851 g/mol. The minimum absolute atomic E-state index is 0.0904. The van der Waals surface area contributed by atoms with Crippen molar-refractivity contribution in [3.63, 3.8) is 0 Å². The van der Waals surface area contributed by atoms with Crippen molar-refractivity contribution < 1.29 is 28.6 Å². The molecule has 61 heavy (non-hydrogen) atoms. The fourth-order valence-electron chi connectivity index (χ4n) is 6.76. The van der Waals surface area contributed by atoms with E-state index in [9.17, 15) is 14.4 Å². The van der Waals surface area contributed by atoms with Crippen LogP contribution in [0.5, 0.6) is 0 Å². The van der Waals surface area contributed by atoms with E-state index in [-0.39, 0.29) is 31.1 Å². The summed E-state index contributed by atoms with van der Waals surface area (Å²) in [5.41, 5.74) is 0. The second kappa shape index (κ2) is 49.5. The minimum atomic E-state index is -0.790. The minimum Gasteiger partial charge on any atom is -0.462 e. The molecule has 0 fully saturated rings. The van der Waals surface area contributed by atoms with Crippen LogP contribution in [-0.2, 0) is 28.6 Å². The van der Waals surface area contributed by atoms with Crippen LogP contribution in [0.4, 0.5) is 0 Å². The van der Waals surface area contributed by atoms with Gasteiger partial charge in [-0.15, -0.1) is 0 Å². The number of hydrogen-bond acceptors (Lipinski definition) is 6. The van der Waals surface area contributed by atoms with Crippen molar-refractivity contribution >= 4 is 17.9 Å². The van der Waals surface area contributed by atoms with Crippen molar-refractivity contribution in [2.24, 2.45) is 0 Å². The zero-order chi connectivity index (χ0) is 44.4. The highest BCUT2D eigenvalue weighted by atomic mass is 16.6. The molecule has 0 aromatic carbocycles. The molecule has 0 heterocycles. The van der Waals surface area contributed by atoms with Crippen molar-refractivity contribution in [2.75, 3.05) is 13.2 Å². The van der Waals surface area contributed by atoms with E-state index in [0.29, 0.717) is 19.3 Å². The average Bonchev–Trinajstić information content (AvgIpc) is 3.26. The van der Waals surface area contributed by atoms with Crippen LogP contribution in [-0.4, -0.2) is 37.2 Å². The van der Waals surface area contributed by atoms with Gasteiger partial charge in [0.25, 0.3) is 0 Å². The van der Waals surface area contributed by atoms with Crippen LogP contribution in [0, 0.1) is 0 Å². The number of carbonyl (C=O) groups is 3. The molecule has 1 unspecified atom stereocenters. The third kappa shape index (κ3) is 47.7. The lowest BCUT2D eigenvalue weighted by atomic mass is 10.1. The van der Waals surface area contributed by atoms with Gasteiger partial charge in [-0.25, -0.2) is 0 Å². The van der Waals surface area contributed by atoms with Crippen LogP contribution in [0.3, 0.4) is 0 Å². The molecule has 0 aliphatic carbocycles. The first-order chi connectivity index (χ1) is 30.0. The maximum Gasteiger partial charge on any atom is 0.306 e. The zero-order valence-electron chi connectivity index (χ0n) is 39.9. The van der Waals surface area contributed by atoms with Crippen LogP contribution in [0.2, 0.25) is 0 Å². The molecule has 0 bridgehead atoms. The maximum absolute atomic E-state index is 12.8. The van der Waals surface area contributed by atoms with E-state index in [4.69, 9.17) is 14.2 Å². The van der Waals surface area contributed by atoms with Gasteiger partial charge < -0.3 is 14.2 Å². The van der Waals surface area contributed by atoms with Gasteiger partial charge in [-0.1, -0.05) is 190 Å². The summed E-state index contributed by atoms with van der Waals surface area (Å²) in [5, 5.41) is 0. The Labute approximate surface area is 376 Å². The third-order valence-electron chi connectivity index (χ3n) is 10.6. The Balaban J connectivity index is 4.39. The van der Waals surface area contributed by atoms with E-state index < -0.39 is 6.10 Å². The third-order valence-corrected chi connectivity index (χ3v) is 10.6. The first-order valence-corrected chi connectivity index (χ1v) is 25.4. The summed E-state index contributed by atoms with van der Waals surface area (Å²) in [4.78, 5) is 37.9. The van der Waals surface area contributed by atoms with Gasteiger partial charge in [0, 0.05) is 19.3 Å². The lowest BCUT2D eigenvalue weighted by molar-refractivity contribution is -0.167. The summed E-state index contributed by atoms with van der Waals surface area (Å²) < 4.78 is 16.7. The molecule has 0 rings (SSSR count). The molecule has 0 saturated carbocycles. The van der Waals surface area contributed by atoms with Crippen LogP contribution in [0.1, 0.15) is 239 Å². The van der Waals surface area contributed by atoms with Crippen LogP contribution >= 0.6 is 0 Å². The highest BCUT2D eigenvalue weighted by molar-refractivity contribution is 5.71. The van der Waals surface area contributed by atoms with Crippen LogP contribution in [0.25, 0.3) is 0 Å². The molecule has 1 atom stereocenters. The summed E-state index contributed by atoms with van der Waals surface area (Å²) in [5.74, 6) is -0.928. The van der Waals surface area contributed by atoms with Gasteiger partial charge in [0.2, 0.25) is 0 Å². The molecule has 0 aliphatic rings. The van der Waals surface area contributed by atoms with E-state index >= 15 is 0 Å². The molecule has 0 saturated heterocycles. The maximum atomic E-state index is 12.8. The van der Waals surface area contributed by atoms with Crippen molar-refractivity contribution in [2.45, 2.75) is 245 Å². The Morgan fingerprint density at radius 1 is 0.328 bits per heavy atom. The Morgan fingerprint density at radius 3 is 1.05 bits per heavy atom. The largest absolute Gasteiger partial charge is 0.462 e. The molecule has 0 amide bonds. The van der Waals surface area contributed by atoms with Gasteiger partial charge in [0.05, 0.1) is 0 Å². The summed E-state index contributed by atoms with van der Waals surface area (Å²) in [6, 6.07) is 0. The predicted molar refractivity (Wildman–Crippen MR) is 261 cm³/mol. The van der Waals surface area contributed by atoms with Crippen molar-refractivity contribution in [1.82, 2.24) is 0 Å². The fourth-order valence-corrected chi connectivity index (χ4v) is 6.76. The van der Waals surface area contributed by atoms with E-state index in [1.54, 1.807) is 0 Å². The Hall–Kier alpha value is -3.15. The number of carbonyl (C=O) groups excluding carboxylic acids is 3. The number of allylic oxidation sites excluding steroid dienone is 12. The van der Waals surface area contributed by atoms with Crippen molar-refractivity contribution in [3.8, 4) is 0 Å². The number of esters is 3. The van der Waals surface area contributed by atoms with E-state index in [1.165, 1.54) is 83.5 Å². The Morgan fingerprint density at radius 2 is 0.639 bits per heavy atom. The van der Waals surface area contributed by atoms with Gasteiger partial charge in [0.15, 0.2) is 6.10 Å². The van der Waals surface area contributed by atoms with Gasteiger partial charge in [0.1, 0.15) is 13.2 Å². The SMILES string of the molecule is CCC/C=C\C/C=C\CCCCCCCC(=O)OC(COC(=O)CCCCCCC/C=C\CCCC)COC(=O)CCCCCCCC/C=C\C/C=C\C/C=C\CCCCC. The highest BCUT2D eigenvalue weighted by Crippen LogP contribution is 2.13. The van der Waals surface area contributed by atoms with E-state index in [1.807, 2.05) is 0 Å². The van der Waals surface area contributed by atoms with Gasteiger partial charge in [-0.3, -0.25) is 14.4 Å². The standard InChI is InChI=1S/C55H94O6/c1-4-7-10-13-16-19-22-24-25-26-27-28-29-31-33-36-39-42-45-48-54(57)60-51-52(50-59-53(56)47-44-41-38-35-32-21-18-15-12-9-6-3)61-55(58)49-46-43-40-37-34-30-23-20-17-14-11-8-5-2/h11,14-16,18-20,23-25,27-28,52H,4-10,12-13,17,21-22,26,29-51H2,1-3H3/b14-11-,18-15-,19-16-,23-20-,25-24-,28-27-. The van der Waals surface area contributed by atoms with Crippen LogP contribution in [0.15, 0.2) is 72.9 Å². The first kappa shape index (κ1) is 57.9. The second-order valence-electron chi connectivity index (χ2n) is 16.7. The number of hydrogen-bond donors (Lipinski definition) is 0. The summed E-state index contributed by atoms with van der Waals surface area (Å²) >= 11 is 0. The molecular formula is C55H94O6. The number of unbranched alkanes of at least 4 members (excludes halogenated alkanes) is 22. The molecule has 6 nitrogen and oxygen atoms in total. The fraction of sp³-hybridized carbons (Fsp3) is 0.727. The molecule has 350 valence electrons. The molecule has 0 N–H and O–H groups in total. The van der Waals surface area contributed by atoms with Gasteiger partial charge in [-0.2, -0.15) is 0 Å². The molecule has 6 heteroatoms. The summed E-state index contributed by atoms with van der Waals surface area (Å²) in [6.45, 7) is 6.47. The lowest BCUT2D eigenvalue weighted by Gasteiger charge is -2.18. The molecule has 0 aliphatic heterocycles. The first-order valence-electron chi connectivity index (χ1n) is 25.4. The Bertz CT molecular complexity index is 1160. The predicted octanol–water partition coefficient (Wildman–Crippen LogP) is 16.6. The molecule has 0 aromatic rings. The summed E-state index contributed by atoms with van der Waals surface area (Å²) in [7, 11) is 0. The second-order valence-corrected chi connectivity index (χ2v) is 16.7. The molecule has 0 aromatic heterocycles.